The zero-order chi connectivity index (χ0) is 10.0. The summed E-state index contributed by atoms with van der Waals surface area (Å²) >= 11 is 3.11. The summed E-state index contributed by atoms with van der Waals surface area (Å²) < 4.78 is 23.3. The maximum absolute atomic E-state index is 13.1. The van der Waals surface area contributed by atoms with Crippen molar-refractivity contribution >= 4 is 21.6 Å². The molecule has 0 saturated heterocycles. The van der Waals surface area contributed by atoms with Crippen molar-refractivity contribution in [2.75, 3.05) is 20.0 Å². The molecule has 13 heavy (non-hydrogen) atoms. The molecule has 0 aliphatic heterocycles. The predicted molar refractivity (Wildman–Crippen MR) is 51.6 cm³/mol. The molecular weight excluding hydrogens is 241 g/mol. The standard InChI is InChI=1S/C8H9BrFNO2/c1-12-5-3-4(10)7(11)6(9)8(5)13-2/h3H,11H2,1-2H3. The van der Waals surface area contributed by atoms with Gasteiger partial charge in [-0.25, -0.2) is 4.39 Å². The van der Waals surface area contributed by atoms with E-state index in [1.54, 1.807) is 0 Å². The van der Waals surface area contributed by atoms with Crippen LogP contribution in [0.25, 0.3) is 0 Å². The van der Waals surface area contributed by atoms with Crippen LogP contribution in [0.15, 0.2) is 10.5 Å². The molecule has 0 aliphatic rings. The van der Waals surface area contributed by atoms with Gasteiger partial charge in [0.25, 0.3) is 0 Å². The lowest BCUT2D eigenvalue weighted by Gasteiger charge is -2.11. The third-order valence-electron chi connectivity index (χ3n) is 1.60. The first-order chi connectivity index (χ1) is 6.11. The molecule has 0 bridgehead atoms. The number of halogens is 2. The first kappa shape index (κ1) is 10.1. The van der Waals surface area contributed by atoms with Gasteiger partial charge in [0.05, 0.1) is 24.4 Å². The normalized spacial score (nSPS) is 9.85. The van der Waals surface area contributed by atoms with Gasteiger partial charge in [0.15, 0.2) is 17.3 Å². The van der Waals surface area contributed by atoms with Crippen LogP contribution in [0.1, 0.15) is 0 Å². The highest BCUT2D eigenvalue weighted by Gasteiger charge is 2.15. The molecular formula is C8H9BrFNO2. The van der Waals surface area contributed by atoms with Crippen LogP contribution in [0.4, 0.5) is 10.1 Å². The second-order valence-electron chi connectivity index (χ2n) is 2.32. The van der Waals surface area contributed by atoms with Crippen LogP contribution in [0.2, 0.25) is 0 Å². The Morgan fingerprint density at radius 3 is 2.46 bits per heavy atom. The fraction of sp³-hybridized carbons (Fsp3) is 0.250. The molecule has 1 rings (SSSR count). The Morgan fingerprint density at radius 2 is 2.00 bits per heavy atom. The third kappa shape index (κ3) is 1.70. The van der Waals surface area contributed by atoms with Crippen molar-refractivity contribution in [2.24, 2.45) is 0 Å². The second kappa shape index (κ2) is 3.83. The van der Waals surface area contributed by atoms with Crippen LogP contribution < -0.4 is 15.2 Å². The van der Waals surface area contributed by atoms with E-state index in [2.05, 4.69) is 15.9 Å². The van der Waals surface area contributed by atoms with Crippen LogP contribution >= 0.6 is 15.9 Å². The van der Waals surface area contributed by atoms with Crippen LogP contribution in [0.5, 0.6) is 11.5 Å². The molecule has 5 heteroatoms. The van der Waals surface area contributed by atoms with Crippen LogP contribution in [-0.4, -0.2) is 14.2 Å². The average Bonchev–Trinajstić information content (AvgIpc) is 2.13. The highest BCUT2D eigenvalue weighted by atomic mass is 79.9. The van der Waals surface area contributed by atoms with Gasteiger partial charge >= 0.3 is 0 Å². The molecule has 0 atom stereocenters. The highest BCUT2D eigenvalue weighted by molar-refractivity contribution is 9.10. The predicted octanol–water partition coefficient (Wildman–Crippen LogP) is 2.19. The number of ether oxygens (including phenoxy) is 2. The Labute approximate surface area is 83.8 Å². The summed E-state index contributed by atoms with van der Waals surface area (Å²) in [6, 6.07) is 1.18. The Morgan fingerprint density at radius 1 is 1.38 bits per heavy atom. The summed E-state index contributed by atoms with van der Waals surface area (Å²) in [5.74, 6) is 0.159. The minimum absolute atomic E-state index is 0.0117. The quantitative estimate of drug-likeness (QED) is 0.818. The SMILES string of the molecule is COc1cc(F)c(N)c(Br)c1OC. The van der Waals surface area contributed by atoms with E-state index in [0.717, 1.165) is 0 Å². The molecule has 0 saturated carbocycles. The molecule has 3 nitrogen and oxygen atoms in total. The Balaban J connectivity index is 3.39. The van der Waals surface area contributed by atoms with E-state index >= 15 is 0 Å². The molecule has 0 aromatic heterocycles. The zero-order valence-corrected chi connectivity index (χ0v) is 8.81. The summed E-state index contributed by atoms with van der Waals surface area (Å²) in [4.78, 5) is 0. The second-order valence-corrected chi connectivity index (χ2v) is 3.11. The van der Waals surface area contributed by atoms with Crippen molar-refractivity contribution in [1.29, 1.82) is 0 Å². The van der Waals surface area contributed by atoms with E-state index < -0.39 is 5.82 Å². The largest absolute Gasteiger partial charge is 0.493 e. The number of anilines is 1. The average molecular weight is 250 g/mol. The lowest BCUT2D eigenvalue weighted by molar-refractivity contribution is 0.351. The fourth-order valence-corrected chi connectivity index (χ4v) is 1.48. The van der Waals surface area contributed by atoms with Crippen molar-refractivity contribution in [3.8, 4) is 11.5 Å². The molecule has 2 N–H and O–H groups in total. The van der Waals surface area contributed by atoms with Crippen molar-refractivity contribution in [1.82, 2.24) is 0 Å². The number of nitrogen functional groups attached to an aromatic ring is 1. The van der Waals surface area contributed by atoms with Crippen molar-refractivity contribution < 1.29 is 13.9 Å². The summed E-state index contributed by atoms with van der Waals surface area (Å²) in [5.41, 5.74) is 5.44. The van der Waals surface area contributed by atoms with Gasteiger partial charge < -0.3 is 15.2 Å². The van der Waals surface area contributed by atoms with Crippen molar-refractivity contribution in [3.63, 3.8) is 0 Å². The van der Waals surface area contributed by atoms with Crippen LogP contribution in [-0.2, 0) is 0 Å². The molecule has 1 aromatic carbocycles. The van der Waals surface area contributed by atoms with E-state index in [1.807, 2.05) is 0 Å². The van der Waals surface area contributed by atoms with Gasteiger partial charge in [-0.2, -0.15) is 0 Å². The summed E-state index contributed by atoms with van der Waals surface area (Å²) in [7, 11) is 2.89. The Hall–Kier alpha value is -0.970. The summed E-state index contributed by atoms with van der Waals surface area (Å²) in [6.45, 7) is 0. The minimum Gasteiger partial charge on any atom is -0.493 e. The molecule has 0 unspecified atom stereocenters. The molecule has 1 aromatic rings. The lowest BCUT2D eigenvalue weighted by atomic mass is 10.2. The highest BCUT2D eigenvalue weighted by Crippen LogP contribution is 2.40. The zero-order valence-electron chi connectivity index (χ0n) is 7.23. The van der Waals surface area contributed by atoms with E-state index in [0.29, 0.717) is 16.0 Å². The van der Waals surface area contributed by atoms with Crippen LogP contribution in [0, 0.1) is 5.82 Å². The summed E-state index contributed by atoms with van der Waals surface area (Å²) in [6.07, 6.45) is 0. The van der Waals surface area contributed by atoms with E-state index in [-0.39, 0.29) is 5.69 Å². The molecule has 0 aliphatic carbocycles. The van der Waals surface area contributed by atoms with Gasteiger partial charge in [-0.1, -0.05) is 0 Å². The van der Waals surface area contributed by atoms with Gasteiger partial charge in [-0.05, 0) is 15.9 Å². The van der Waals surface area contributed by atoms with Gasteiger partial charge in [-0.3, -0.25) is 0 Å². The Kier molecular flexibility index (Phi) is 2.98. The molecule has 0 radical (unpaired) electrons. The Bertz CT molecular complexity index is 330. The molecule has 0 heterocycles. The fourth-order valence-electron chi connectivity index (χ4n) is 0.936. The van der Waals surface area contributed by atoms with Crippen LogP contribution in [0.3, 0.4) is 0 Å². The monoisotopic (exact) mass is 249 g/mol. The number of benzene rings is 1. The summed E-state index contributed by atoms with van der Waals surface area (Å²) in [5, 5.41) is 0. The number of methoxy groups -OCH3 is 2. The maximum Gasteiger partial charge on any atom is 0.177 e. The topological polar surface area (TPSA) is 44.5 Å². The van der Waals surface area contributed by atoms with Gasteiger partial charge in [0, 0.05) is 6.07 Å². The van der Waals surface area contributed by atoms with Crippen molar-refractivity contribution in [3.05, 3.63) is 16.4 Å². The van der Waals surface area contributed by atoms with Crippen molar-refractivity contribution in [2.45, 2.75) is 0 Å². The van der Waals surface area contributed by atoms with Gasteiger partial charge in [0.1, 0.15) is 0 Å². The lowest BCUT2D eigenvalue weighted by Crippen LogP contribution is -1.98. The van der Waals surface area contributed by atoms with E-state index in [4.69, 9.17) is 15.2 Å². The number of hydrogen-bond acceptors (Lipinski definition) is 3. The third-order valence-corrected chi connectivity index (χ3v) is 2.39. The molecule has 0 fully saturated rings. The van der Waals surface area contributed by atoms with Gasteiger partial charge in [0.2, 0.25) is 0 Å². The molecule has 0 spiro atoms. The number of hydrogen-bond donors (Lipinski definition) is 1. The van der Waals surface area contributed by atoms with E-state index in [9.17, 15) is 4.39 Å². The minimum atomic E-state index is -0.537. The first-order valence-corrected chi connectivity index (χ1v) is 4.26. The first-order valence-electron chi connectivity index (χ1n) is 3.47. The number of rotatable bonds is 2. The molecule has 0 amide bonds. The molecule has 72 valence electrons. The maximum atomic E-state index is 13.1. The smallest absolute Gasteiger partial charge is 0.177 e. The van der Waals surface area contributed by atoms with Gasteiger partial charge in [-0.15, -0.1) is 0 Å². The number of nitrogens with two attached hydrogens (primary N) is 1. The van der Waals surface area contributed by atoms with E-state index in [1.165, 1.54) is 20.3 Å².